The molecule has 0 unspecified atom stereocenters. The minimum absolute atomic E-state index is 0.0836. The van der Waals surface area contributed by atoms with Gasteiger partial charge in [-0.1, -0.05) is 49.7 Å². The molecule has 8 heteroatoms. The van der Waals surface area contributed by atoms with E-state index in [0.29, 0.717) is 24.3 Å². The standard InChI is InChI=1S/C35H42N4O4/c1-3-4-18-39(35(42)36-2)28-11-9-10-24(20-28)25-16-17-33(43-29-12-5-6-13-29)31(21-25)34(41)38-27(23-40)19-26-22-37-32-15-8-7-14-30(26)32/h7-11,14-17,20-22,27,29,37,40H,3-6,12-13,18-19,23H2,1-2H3,(H,36,42)(H,38,41)/t27-/m1/s1. The molecule has 1 saturated carbocycles. The van der Waals surface area contributed by atoms with Crippen molar-refractivity contribution in [2.75, 3.05) is 25.1 Å². The van der Waals surface area contributed by atoms with Crippen molar-refractivity contribution < 1.29 is 19.4 Å². The van der Waals surface area contributed by atoms with Crippen molar-refractivity contribution in [2.45, 2.75) is 64.0 Å². The molecule has 1 atom stereocenters. The third-order valence-corrected chi connectivity index (χ3v) is 8.20. The van der Waals surface area contributed by atoms with E-state index in [2.05, 4.69) is 22.5 Å². The molecule has 4 aromatic rings. The van der Waals surface area contributed by atoms with Crippen LogP contribution in [0, 0.1) is 0 Å². The number of para-hydroxylation sites is 1. The molecule has 1 aliphatic carbocycles. The van der Waals surface area contributed by atoms with Gasteiger partial charge in [0, 0.05) is 36.4 Å². The summed E-state index contributed by atoms with van der Waals surface area (Å²) >= 11 is 0. The quantitative estimate of drug-likeness (QED) is 0.154. The van der Waals surface area contributed by atoms with Gasteiger partial charge in [0.1, 0.15) is 5.75 Å². The summed E-state index contributed by atoms with van der Waals surface area (Å²) in [4.78, 5) is 31.5. The van der Waals surface area contributed by atoms with E-state index < -0.39 is 6.04 Å². The highest BCUT2D eigenvalue weighted by molar-refractivity contribution is 5.99. The van der Waals surface area contributed by atoms with Gasteiger partial charge < -0.3 is 25.5 Å². The number of rotatable bonds is 12. The molecule has 1 aromatic heterocycles. The number of anilines is 1. The van der Waals surface area contributed by atoms with Gasteiger partial charge >= 0.3 is 6.03 Å². The molecule has 43 heavy (non-hydrogen) atoms. The summed E-state index contributed by atoms with van der Waals surface area (Å²) in [7, 11) is 1.64. The number of fused-ring (bicyclic) bond motifs is 1. The number of hydrogen-bond donors (Lipinski definition) is 4. The number of aromatic nitrogens is 1. The molecule has 0 bridgehead atoms. The largest absolute Gasteiger partial charge is 0.490 e. The minimum Gasteiger partial charge on any atom is -0.490 e. The average Bonchev–Trinajstić information content (AvgIpc) is 3.71. The van der Waals surface area contributed by atoms with Gasteiger partial charge in [0.15, 0.2) is 0 Å². The molecule has 4 N–H and O–H groups in total. The molecule has 0 spiro atoms. The molecule has 5 rings (SSSR count). The summed E-state index contributed by atoms with van der Waals surface area (Å²) in [5, 5.41) is 17.1. The van der Waals surface area contributed by atoms with Crippen molar-refractivity contribution >= 4 is 28.5 Å². The van der Waals surface area contributed by atoms with Crippen LogP contribution in [0.25, 0.3) is 22.0 Å². The van der Waals surface area contributed by atoms with Crippen LogP contribution in [0.3, 0.4) is 0 Å². The Morgan fingerprint density at radius 3 is 2.60 bits per heavy atom. The van der Waals surface area contributed by atoms with Crippen LogP contribution in [0.5, 0.6) is 5.75 Å². The molecule has 3 amide bonds. The highest BCUT2D eigenvalue weighted by atomic mass is 16.5. The van der Waals surface area contributed by atoms with Crippen LogP contribution >= 0.6 is 0 Å². The molecular weight excluding hydrogens is 540 g/mol. The second kappa shape index (κ2) is 14.2. The number of benzene rings is 3. The first-order valence-electron chi connectivity index (χ1n) is 15.4. The minimum atomic E-state index is -0.474. The fraction of sp³-hybridized carbons (Fsp3) is 0.371. The van der Waals surface area contributed by atoms with E-state index in [1.54, 1.807) is 11.9 Å². The Morgan fingerprint density at radius 1 is 1.05 bits per heavy atom. The van der Waals surface area contributed by atoms with E-state index in [1.165, 1.54) is 0 Å². The van der Waals surface area contributed by atoms with Gasteiger partial charge in [-0.3, -0.25) is 9.69 Å². The lowest BCUT2D eigenvalue weighted by Gasteiger charge is -2.23. The van der Waals surface area contributed by atoms with Crippen LogP contribution in [-0.4, -0.2) is 54.4 Å². The lowest BCUT2D eigenvalue weighted by atomic mass is 10.00. The fourth-order valence-corrected chi connectivity index (χ4v) is 5.82. The van der Waals surface area contributed by atoms with Crippen LogP contribution in [-0.2, 0) is 6.42 Å². The Hall–Kier alpha value is -4.30. The zero-order valence-corrected chi connectivity index (χ0v) is 25.1. The molecule has 1 fully saturated rings. The first-order chi connectivity index (χ1) is 21.0. The third-order valence-electron chi connectivity index (χ3n) is 8.20. The molecular formula is C35H42N4O4. The summed E-state index contributed by atoms with van der Waals surface area (Å²) in [6.07, 6.45) is 8.55. The zero-order chi connectivity index (χ0) is 30.2. The monoisotopic (exact) mass is 582 g/mol. The summed E-state index contributed by atoms with van der Waals surface area (Å²) in [5.41, 5.74) is 5.01. The number of aliphatic hydroxyl groups excluding tert-OH is 1. The van der Waals surface area contributed by atoms with Gasteiger partial charge in [0.25, 0.3) is 5.91 Å². The van der Waals surface area contributed by atoms with Gasteiger partial charge in [-0.15, -0.1) is 0 Å². The van der Waals surface area contributed by atoms with E-state index in [-0.39, 0.29) is 24.6 Å². The van der Waals surface area contributed by atoms with Crippen LogP contribution < -0.4 is 20.3 Å². The molecule has 3 aromatic carbocycles. The summed E-state index contributed by atoms with van der Waals surface area (Å²) in [5.74, 6) is 0.253. The molecule has 1 heterocycles. The highest BCUT2D eigenvalue weighted by Gasteiger charge is 2.23. The number of carbonyl (C=O) groups is 2. The topological polar surface area (TPSA) is 107 Å². The lowest BCUT2D eigenvalue weighted by Crippen LogP contribution is -2.39. The summed E-state index contributed by atoms with van der Waals surface area (Å²) in [6.45, 7) is 2.52. The summed E-state index contributed by atoms with van der Waals surface area (Å²) < 4.78 is 6.36. The van der Waals surface area contributed by atoms with Crippen molar-refractivity contribution in [1.82, 2.24) is 15.6 Å². The average molecular weight is 583 g/mol. The van der Waals surface area contributed by atoms with E-state index >= 15 is 0 Å². The number of ether oxygens (including phenoxy) is 1. The number of H-pyrrole nitrogens is 1. The third kappa shape index (κ3) is 7.20. The molecule has 0 radical (unpaired) electrons. The molecule has 8 nitrogen and oxygen atoms in total. The highest BCUT2D eigenvalue weighted by Crippen LogP contribution is 2.32. The zero-order valence-electron chi connectivity index (χ0n) is 25.1. The maximum absolute atomic E-state index is 13.8. The second-order valence-electron chi connectivity index (χ2n) is 11.3. The molecule has 1 aliphatic rings. The SMILES string of the molecule is CCCCN(C(=O)NC)c1cccc(-c2ccc(OC3CCCC3)c(C(=O)N[C@@H](CO)Cc3c[nH]c4ccccc34)c2)c1. The Morgan fingerprint density at radius 2 is 1.84 bits per heavy atom. The normalized spacial score (nSPS) is 14.0. The lowest BCUT2D eigenvalue weighted by molar-refractivity contribution is 0.0909. The van der Waals surface area contributed by atoms with E-state index in [0.717, 1.165) is 71.8 Å². The van der Waals surface area contributed by atoms with Gasteiger partial charge in [0.05, 0.1) is 24.3 Å². The summed E-state index contributed by atoms with van der Waals surface area (Å²) in [6, 6.07) is 20.9. The van der Waals surface area contributed by atoms with Crippen molar-refractivity contribution in [3.63, 3.8) is 0 Å². The van der Waals surface area contributed by atoms with E-state index in [4.69, 9.17) is 4.74 Å². The molecule has 0 saturated heterocycles. The number of hydrogen-bond acceptors (Lipinski definition) is 4. The van der Waals surface area contributed by atoms with Crippen molar-refractivity contribution in [3.8, 4) is 16.9 Å². The number of carbonyl (C=O) groups excluding carboxylic acids is 2. The van der Waals surface area contributed by atoms with E-state index in [1.807, 2.05) is 72.9 Å². The number of unbranched alkanes of at least 4 members (excludes halogenated alkanes) is 1. The van der Waals surface area contributed by atoms with Gasteiger partial charge in [-0.05, 0) is 85.5 Å². The number of aromatic amines is 1. The number of amides is 3. The Balaban J connectivity index is 1.43. The maximum Gasteiger partial charge on any atom is 0.321 e. The van der Waals surface area contributed by atoms with Crippen LogP contribution in [0.1, 0.15) is 61.4 Å². The smallest absolute Gasteiger partial charge is 0.321 e. The number of urea groups is 1. The maximum atomic E-state index is 13.8. The predicted octanol–water partition coefficient (Wildman–Crippen LogP) is 6.44. The van der Waals surface area contributed by atoms with Crippen molar-refractivity contribution in [1.29, 1.82) is 0 Å². The Kier molecular flexibility index (Phi) is 10.00. The Labute approximate surface area is 253 Å². The first-order valence-corrected chi connectivity index (χ1v) is 15.4. The van der Waals surface area contributed by atoms with Gasteiger partial charge in [-0.25, -0.2) is 4.79 Å². The Bertz CT molecular complexity index is 1540. The number of nitrogens with one attached hydrogen (secondary N) is 3. The second-order valence-corrected chi connectivity index (χ2v) is 11.3. The first kappa shape index (κ1) is 30.2. The van der Waals surface area contributed by atoms with Crippen LogP contribution in [0.4, 0.5) is 10.5 Å². The van der Waals surface area contributed by atoms with Crippen molar-refractivity contribution in [2.24, 2.45) is 0 Å². The molecule has 226 valence electrons. The number of nitrogens with zero attached hydrogens (tertiary/aromatic N) is 1. The van der Waals surface area contributed by atoms with Gasteiger partial charge in [0.2, 0.25) is 0 Å². The van der Waals surface area contributed by atoms with Crippen LogP contribution in [0.15, 0.2) is 72.9 Å². The van der Waals surface area contributed by atoms with Crippen LogP contribution in [0.2, 0.25) is 0 Å². The van der Waals surface area contributed by atoms with Gasteiger partial charge in [-0.2, -0.15) is 0 Å². The fourth-order valence-electron chi connectivity index (χ4n) is 5.82. The number of aliphatic hydroxyl groups is 1. The molecule has 0 aliphatic heterocycles. The van der Waals surface area contributed by atoms with E-state index in [9.17, 15) is 14.7 Å². The predicted molar refractivity (Wildman–Crippen MR) is 172 cm³/mol. The van der Waals surface area contributed by atoms with Crippen molar-refractivity contribution in [3.05, 3.63) is 84.1 Å².